The predicted molar refractivity (Wildman–Crippen MR) is 94.6 cm³/mol. The molecule has 1 fully saturated rings. The van der Waals surface area contributed by atoms with Crippen LogP contribution in [-0.2, 0) is 0 Å². The van der Waals surface area contributed by atoms with Crippen molar-refractivity contribution in [1.29, 1.82) is 0 Å². The van der Waals surface area contributed by atoms with E-state index >= 15 is 0 Å². The lowest BCUT2D eigenvalue weighted by atomic mass is 9.91. The van der Waals surface area contributed by atoms with Crippen molar-refractivity contribution in [3.63, 3.8) is 0 Å². The summed E-state index contributed by atoms with van der Waals surface area (Å²) in [6, 6.07) is 3.56. The SMILES string of the molecule is CCN1c2ncccc2C(=O)NC12CCN(C(=O)c1cnccn1)CC2. The standard InChI is InChI=1S/C18H20N6O2/c1-2-24-15-13(4-3-7-21-15)16(25)22-18(24)5-10-23(11-6-18)17(26)14-12-19-8-9-20-14/h3-4,7-9,12H,2,5-6,10-11H2,1H3,(H,22,25). The highest BCUT2D eigenvalue weighted by Crippen LogP contribution is 2.35. The van der Waals surface area contributed by atoms with Crippen LogP contribution in [0.4, 0.5) is 5.82 Å². The van der Waals surface area contributed by atoms with Gasteiger partial charge in [-0.05, 0) is 19.1 Å². The number of nitrogens with zero attached hydrogens (tertiary/aromatic N) is 5. The second-order valence-electron chi connectivity index (χ2n) is 6.49. The molecular weight excluding hydrogens is 332 g/mol. The average Bonchev–Trinajstić information content (AvgIpc) is 2.69. The number of hydrogen-bond donors (Lipinski definition) is 1. The molecule has 1 saturated heterocycles. The molecule has 1 spiro atoms. The van der Waals surface area contributed by atoms with Crippen LogP contribution in [0.25, 0.3) is 0 Å². The Morgan fingerprint density at radius 3 is 2.73 bits per heavy atom. The van der Waals surface area contributed by atoms with Crippen molar-refractivity contribution >= 4 is 17.6 Å². The molecule has 2 amide bonds. The van der Waals surface area contributed by atoms with Gasteiger partial charge in [0.15, 0.2) is 0 Å². The van der Waals surface area contributed by atoms with Gasteiger partial charge in [0, 0.05) is 51.1 Å². The molecule has 0 unspecified atom stereocenters. The highest BCUT2D eigenvalue weighted by atomic mass is 16.2. The van der Waals surface area contributed by atoms with E-state index in [0.29, 0.717) is 43.0 Å². The first-order chi connectivity index (χ1) is 12.6. The third-order valence-electron chi connectivity index (χ3n) is 5.13. The number of rotatable bonds is 2. The van der Waals surface area contributed by atoms with E-state index in [-0.39, 0.29) is 11.8 Å². The van der Waals surface area contributed by atoms with Crippen molar-refractivity contribution in [3.8, 4) is 0 Å². The molecule has 134 valence electrons. The van der Waals surface area contributed by atoms with Gasteiger partial charge in [-0.1, -0.05) is 0 Å². The van der Waals surface area contributed by atoms with Crippen LogP contribution in [0.2, 0.25) is 0 Å². The molecule has 2 aliphatic heterocycles. The first-order valence-corrected chi connectivity index (χ1v) is 8.75. The summed E-state index contributed by atoms with van der Waals surface area (Å²) < 4.78 is 0. The van der Waals surface area contributed by atoms with E-state index in [4.69, 9.17) is 0 Å². The molecule has 4 rings (SSSR count). The Morgan fingerprint density at radius 1 is 1.23 bits per heavy atom. The van der Waals surface area contributed by atoms with Gasteiger partial charge >= 0.3 is 0 Å². The molecule has 4 heterocycles. The van der Waals surface area contributed by atoms with E-state index in [1.807, 2.05) is 0 Å². The fourth-order valence-corrected chi connectivity index (χ4v) is 3.84. The number of anilines is 1. The number of likely N-dealkylation sites (tertiary alicyclic amines) is 1. The fourth-order valence-electron chi connectivity index (χ4n) is 3.84. The molecule has 8 heteroatoms. The molecule has 1 N–H and O–H groups in total. The van der Waals surface area contributed by atoms with Crippen LogP contribution in [0.15, 0.2) is 36.9 Å². The quantitative estimate of drug-likeness (QED) is 0.869. The lowest BCUT2D eigenvalue weighted by Crippen LogP contribution is -2.68. The Kier molecular flexibility index (Phi) is 4.02. The number of pyridine rings is 1. The van der Waals surface area contributed by atoms with E-state index in [0.717, 1.165) is 6.54 Å². The minimum atomic E-state index is -0.508. The molecule has 0 saturated carbocycles. The van der Waals surface area contributed by atoms with Gasteiger partial charge in [-0.15, -0.1) is 0 Å². The summed E-state index contributed by atoms with van der Waals surface area (Å²) in [5, 5.41) is 3.17. The number of piperidine rings is 1. The molecule has 2 aliphatic rings. The van der Waals surface area contributed by atoms with Crippen molar-refractivity contribution in [2.45, 2.75) is 25.4 Å². The van der Waals surface area contributed by atoms with Gasteiger partial charge in [0.1, 0.15) is 17.2 Å². The van der Waals surface area contributed by atoms with E-state index in [1.165, 1.54) is 12.4 Å². The van der Waals surface area contributed by atoms with Gasteiger partial charge in [-0.25, -0.2) is 9.97 Å². The summed E-state index contributed by atoms with van der Waals surface area (Å²) in [4.78, 5) is 41.6. The van der Waals surface area contributed by atoms with Crippen LogP contribution in [0.1, 0.15) is 40.6 Å². The molecule has 26 heavy (non-hydrogen) atoms. The normalized spacial score (nSPS) is 18.4. The van der Waals surface area contributed by atoms with E-state index in [1.54, 1.807) is 29.4 Å². The lowest BCUT2D eigenvalue weighted by Gasteiger charge is -2.51. The molecular formula is C18H20N6O2. The lowest BCUT2D eigenvalue weighted by molar-refractivity contribution is 0.0597. The Morgan fingerprint density at radius 2 is 2.04 bits per heavy atom. The number of fused-ring (bicyclic) bond motifs is 1. The van der Waals surface area contributed by atoms with Gasteiger partial charge in [0.25, 0.3) is 11.8 Å². The number of amides is 2. The van der Waals surface area contributed by atoms with Crippen LogP contribution >= 0.6 is 0 Å². The number of carbonyl (C=O) groups is 2. The maximum atomic E-state index is 12.6. The molecule has 8 nitrogen and oxygen atoms in total. The third kappa shape index (κ3) is 2.58. The summed E-state index contributed by atoms with van der Waals surface area (Å²) in [7, 11) is 0. The maximum Gasteiger partial charge on any atom is 0.274 e. The van der Waals surface area contributed by atoms with Crippen molar-refractivity contribution in [1.82, 2.24) is 25.2 Å². The Balaban J connectivity index is 1.56. The molecule has 0 aromatic carbocycles. The molecule has 0 radical (unpaired) electrons. The van der Waals surface area contributed by atoms with Crippen molar-refractivity contribution in [3.05, 3.63) is 48.2 Å². The summed E-state index contributed by atoms with van der Waals surface area (Å²) in [6.07, 6.45) is 7.52. The Bertz CT molecular complexity index is 833. The van der Waals surface area contributed by atoms with Gasteiger partial charge < -0.3 is 15.1 Å². The van der Waals surface area contributed by atoms with Crippen LogP contribution in [0.3, 0.4) is 0 Å². The maximum absolute atomic E-state index is 12.6. The summed E-state index contributed by atoms with van der Waals surface area (Å²) in [6.45, 7) is 3.85. The van der Waals surface area contributed by atoms with Crippen molar-refractivity contribution in [2.24, 2.45) is 0 Å². The van der Waals surface area contributed by atoms with Crippen LogP contribution in [0.5, 0.6) is 0 Å². The van der Waals surface area contributed by atoms with Crippen LogP contribution in [-0.4, -0.2) is 57.0 Å². The molecule has 2 aromatic rings. The molecule has 0 bridgehead atoms. The number of hydrogen-bond acceptors (Lipinski definition) is 6. The van der Waals surface area contributed by atoms with Crippen molar-refractivity contribution in [2.75, 3.05) is 24.5 Å². The summed E-state index contributed by atoms with van der Waals surface area (Å²) in [5.41, 5.74) is 0.431. The number of aromatic nitrogens is 3. The zero-order valence-electron chi connectivity index (χ0n) is 14.6. The Labute approximate surface area is 151 Å². The second kappa shape index (κ2) is 6.36. The van der Waals surface area contributed by atoms with E-state index < -0.39 is 5.66 Å². The zero-order valence-corrected chi connectivity index (χ0v) is 14.6. The van der Waals surface area contributed by atoms with Gasteiger partial charge in [-0.2, -0.15) is 0 Å². The minimum Gasteiger partial charge on any atom is -0.337 e. The smallest absolute Gasteiger partial charge is 0.274 e. The average molecular weight is 352 g/mol. The molecule has 0 aliphatic carbocycles. The number of carbonyl (C=O) groups excluding carboxylic acids is 2. The van der Waals surface area contributed by atoms with Gasteiger partial charge in [-0.3, -0.25) is 14.6 Å². The minimum absolute atomic E-state index is 0.105. The molecule has 2 aromatic heterocycles. The van der Waals surface area contributed by atoms with E-state index in [9.17, 15) is 9.59 Å². The monoisotopic (exact) mass is 352 g/mol. The largest absolute Gasteiger partial charge is 0.337 e. The van der Waals surface area contributed by atoms with Crippen LogP contribution < -0.4 is 10.2 Å². The predicted octanol–water partition coefficient (Wildman–Crippen LogP) is 1.07. The third-order valence-corrected chi connectivity index (χ3v) is 5.13. The fraction of sp³-hybridized carbons (Fsp3) is 0.389. The first kappa shape index (κ1) is 16.4. The van der Waals surface area contributed by atoms with Gasteiger partial charge in [0.05, 0.1) is 11.8 Å². The highest BCUT2D eigenvalue weighted by molar-refractivity contribution is 6.01. The van der Waals surface area contributed by atoms with Crippen molar-refractivity contribution < 1.29 is 9.59 Å². The van der Waals surface area contributed by atoms with Gasteiger partial charge in [0.2, 0.25) is 0 Å². The number of nitrogens with one attached hydrogen (secondary N) is 1. The molecule has 0 atom stereocenters. The summed E-state index contributed by atoms with van der Waals surface area (Å²) >= 11 is 0. The zero-order chi connectivity index (χ0) is 18.1. The summed E-state index contributed by atoms with van der Waals surface area (Å²) in [5.74, 6) is 0.482. The highest BCUT2D eigenvalue weighted by Gasteiger charge is 2.46. The topological polar surface area (TPSA) is 91.3 Å². The van der Waals surface area contributed by atoms with E-state index in [2.05, 4.69) is 32.1 Å². The Hall–Kier alpha value is -3.03. The first-order valence-electron chi connectivity index (χ1n) is 8.75. The second-order valence-corrected chi connectivity index (χ2v) is 6.49. The van der Waals surface area contributed by atoms with Crippen LogP contribution in [0, 0.1) is 0 Å².